The Bertz CT molecular complexity index is 560. The van der Waals surface area contributed by atoms with E-state index in [9.17, 15) is 0 Å². The van der Waals surface area contributed by atoms with Crippen molar-refractivity contribution < 1.29 is 4.74 Å². The second-order valence-corrected chi connectivity index (χ2v) is 6.32. The Hall–Kier alpha value is -1.39. The molecule has 0 radical (unpaired) electrons. The molecular formula is C17H24N2OS. The van der Waals surface area contributed by atoms with E-state index < -0.39 is 0 Å². The van der Waals surface area contributed by atoms with Crippen LogP contribution in [0, 0.1) is 13.8 Å². The maximum absolute atomic E-state index is 5.62. The maximum atomic E-state index is 5.62. The van der Waals surface area contributed by atoms with Gasteiger partial charge in [-0.05, 0) is 51.4 Å². The minimum atomic E-state index is 0.141. The molecule has 21 heavy (non-hydrogen) atoms. The highest BCUT2D eigenvalue weighted by Gasteiger charge is 2.18. The number of aromatic nitrogens is 1. The van der Waals surface area contributed by atoms with Crippen LogP contribution in [0.25, 0.3) is 0 Å². The molecule has 1 aromatic heterocycles. The first-order chi connectivity index (χ1) is 10.2. The molecule has 0 fully saturated rings. The molecule has 1 aromatic carbocycles. The van der Waals surface area contributed by atoms with Crippen LogP contribution in [0.15, 0.2) is 24.3 Å². The first-order valence-corrected chi connectivity index (χ1v) is 8.37. The second kappa shape index (κ2) is 7.57. The number of ether oxygens (including phenoxy) is 1. The largest absolute Gasteiger partial charge is 0.494 e. The van der Waals surface area contributed by atoms with E-state index in [1.54, 1.807) is 11.3 Å². The van der Waals surface area contributed by atoms with Crippen molar-refractivity contribution in [3.8, 4) is 5.75 Å². The van der Waals surface area contributed by atoms with Crippen LogP contribution in [-0.2, 0) is 0 Å². The Morgan fingerprint density at radius 3 is 2.71 bits per heavy atom. The van der Waals surface area contributed by atoms with Crippen molar-refractivity contribution in [2.24, 2.45) is 0 Å². The van der Waals surface area contributed by atoms with Gasteiger partial charge in [0.05, 0.1) is 18.3 Å². The molecule has 0 aliphatic rings. The van der Waals surface area contributed by atoms with Gasteiger partial charge >= 0.3 is 0 Å². The fraction of sp³-hybridized carbons (Fsp3) is 0.471. The molecule has 1 atom stereocenters. The second-order valence-electron chi connectivity index (χ2n) is 5.09. The van der Waals surface area contributed by atoms with Crippen LogP contribution in [0.2, 0.25) is 0 Å². The lowest BCUT2D eigenvalue weighted by molar-refractivity contribution is 0.339. The average molecular weight is 304 g/mol. The minimum Gasteiger partial charge on any atom is -0.494 e. The third kappa shape index (κ3) is 4.05. The molecule has 1 N–H and O–H groups in total. The van der Waals surface area contributed by atoms with Gasteiger partial charge in [-0.1, -0.05) is 19.1 Å². The van der Waals surface area contributed by atoms with Gasteiger partial charge < -0.3 is 10.1 Å². The number of benzene rings is 1. The first kappa shape index (κ1) is 16.0. The van der Waals surface area contributed by atoms with Crippen molar-refractivity contribution in [1.29, 1.82) is 0 Å². The van der Waals surface area contributed by atoms with Gasteiger partial charge in [0.25, 0.3) is 0 Å². The zero-order valence-electron chi connectivity index (χ0n) is 13.3. The van der Waals surface area contributed by atoms with Gasteiger partial charge in [0.15, 0.2) is 0 Å². The third-order valence-electron chi connectivity index (χ3n) is 3.39. The minimum absolute atomic E-state index is 0.141. The van der Waals surface area contributed by atoms with Crippen molar-refractivity contribution in [3.63, 3.8) is 0 Å². The Balaban J connectivity index is 2.32. The summed E-state index contributed by atoms with van der Waals surface area (Å²) in [5.74, 6) is 0.920. The van der Waals surface area contributed by atoms with E-state index in [-0.39, 0.29) is 6.04 Å². The Morgan fingerprint density at radius 1 is 1.29 bits per heavy atom. The molecule has 0 bridgehead atoms. The highest BCUT2D eigenvalue weighted by molar-refractivity contribution is 7.11. The molecule has 0 amide bonds. The molecular weight excluding hydrogens is 280 g/mol. The standard InChI is InChI=1S/C17H24N2OS/c1-5-10-18-16(17-19-12(3)13(4)21-17)14-8-7-9-15(11-14)20-6-2/h7-9,11,16,18H,5-6,10H2,1-4H3. The molecule has 114 valence electrons. The van der Waals surface area contributed by atoms with Gasteiger partial charge in [-0.15, -0.1) is 11.3 Å². The van der Waals surface area contributed by atoms with E-state index in [2.05, 4.69) is 38.2 Å². The molecule has 3 nitrogen and oxygen atoms in total. The Labute approximate surface area is 131 Å². The van der Waals surface area contributed by atoms with Crippen LogP contribution in [0.1, 0.15) is 47.5 Å². The molecule has 2 aromatic rings. The van der Waals surface area contributed by atoms with Gasteiger partial charge in [-0.2, -0.15) is 0 Å². The summed E-state index contributed by atoms with van der Waals surface area (Å²) in [4.78, 5) is 6.02. The zero-order valence-corrected chi connectivity index (χ0v) is 14.1. The predicted molar refractivity (Wildman–Crippen MR) is 89.3 cm³/mol. The molecule has 0 aliphatic heterocycles. The number of nitrogens with one attached hydrogen (secondary N) is 1. The summed E-state index contributed by atoms with van der Waals surface area (Å²) >= 11 is 1.77. The Morgan fingerprint density at radius 2 is 2.10 bits per heavy atom. The van der Waals surface area contributed by atoms with Crippen molar-refractivity contribution in [2.75, 3.05) is 13.2 Å². The van der Waals surface area contributed by atoms with Gasteiger partial charge in [0.1, 0.15) is 10.8 Å². The smallest absolute Gasteiger partial charge is 0.119 e. The average Bonchev–Trinajstić information content (AvgIpc) is 2.80. The monoisotopic (exact) mass is 304 g/mol. The predicted octanol–water partition coefficient (Wildman–Crippen LogP) is 4.25. The van der Waals surface area contributed by atoms with E-state index in [0.29, 0.717) is 6.61 Å². The molecule has 0 aliphatic carbocycles. The lowest BCUT2D eigenvalue weighted by atomic mass is 10.1. The summed E-state index contributed by atoms with van der Waals surface area (Å²) < 4.78 is 5.62. The number of rotatable bonds is 7. The fourth-order valence-corrected chi connectivity index (χ4v) is 3.23. The third-order valence-corrected chi connectivity index (χ3v) is 4.53. The highest BCUT2D eigenvalue weighted by Crippen LogP contribution is 2.29. The summed E-state index contributed by atoms with van der Waals surface area (Å²) in [6, 6.07) is 8.45. The molecule has 4 heteroatoms. The van der Waals surface area contributed by atoms with E-state index in [1.807, 2.05) is 19.1 Å². The van der Waals surface area contributed by atoms with Crippen LogP contribution in [0.4, 0.5) is 0 Å². The topological polar surface area (TPSA) is 34.1 Å². The van der Waals surface area contributed by atoms with E-state index >= 15 is 0 Å². The summed E-state index contributed by atoms with van der Waals surface area (Å²) in [6.45, 7) is 10.0. The fourth-order valence-electron chi connectivity index (χ4n) is 2.21. The maximum Gasteiger partial charge on any atom is 0.119 e. The van der Waals surface area contributed by atoms with Crippen molar-refractivity contribution in [3.05, 3.63) is 45.4 Å². The van der Waals surface area contributed by atoms with Crippen LogP contribution in [0.5, 0.6) is 5.75 Å². The van der Waals surface area contributed by atoms with Gasteiger partial charge in [0.2, 0.25) is 0 Å². The van der Waals surface area contributed by atoms with Crippen LogP contribution < -0.4 is 10.1 Å². The van der Waals surface area contributed by atoms with E-state index in [4.69, 9.17) is 9.72 Å². The van der Waals surface area contributed by atoms with Crippen molar-refractivity contribution in [2.45, 2.75) is 40.2 Å². The molecule has 0 saturated carbocycles. The lowest BCUT2D eigenvalue weighted by Crippen LogP contribution is -2.23. The number of aryl methyl sites for hydroxylation is 2. The number of hydrogen-bond donors (Lipinski definition) is 1. The van der Waals surface area contributed by atoms with Crippen LogP contribution in [0.3, 0.4) is 0 Å². The number of nitrogens with zero attached hydrogens (tertiary/aromatic N) is 1. The number of thiazole rings is 1. The Kier molecular flexibility index (Phi) is 5.76. The van der Waals surface area contributed by atoms with Gasteiger partial charge in [-0.3, -0.25) is 0 Å². The molecule has 2 rings (SSSR count). The van der Waals surface area contributed by atoms with Gasteiger partial charge in [-0.25, -0.2) is 4.98 Å². The zero-order chi connectivity index (χ0) is 15.2. The van der Waals surface area contributed by atoms with Crippen molar-refractivity contribution >= 4 is 11.3 Å². The molecule has 1 heterocycles. The molecule has 0 saturated heterocycles. The summed E-state index contributed by atoms with van der Waals surface area (Å²) in [5, 5.41) is 4.74. The summed E-state index contributed by atoms with van der Waals surface area (Å²) in [7, 11) is 0. The van der Waals surface area contributed by atoms with E-state index in [1.165, 1.54) is 10.4 Å². The lowest BCUT2D eigenvalue weighted by Gasteiger charge is -2.17. The summed E-state index contributed by atoms with van der Waals surface area (Å²) in [5.41, 5.74) is 2.34. The quantitative estimate of drug-likeness (QED) is 0.830. The normalized spacial score (nSPS) is 12.4. The van der Waals surface area contributed by atoms with Crippen LogP contribution >= 0.6 is 11.3 Å². The van der Waals surface area contributed by atoms with Crippen molar-refractivity contribution in [1.82, 2.24) is 10.3 Å². The first-order valence-electron chi connectivity index (χ1n) is 7.55. The summed E-state index contributed by atoms with van der Waals surface area (Å²) in [6.07, 6.45) is 1.10. The van der Waals surface area contributed by atoms with Gasteiger partial charge in [0, 0.05) is 4.88 Å². The van der Waals surface area contributed by atoms with E-state index in [0.717, 1.165) is 29.4 Å². The highest BCUT2D eigenvalue weighted by atomic mass is 32.1. The van der Waals surface area contributed by atoms with Crippen LogP contribution in [-0.4, -0.2) is 18.1 Å². The SMILES string of the molecule is CCCNC(c1cccc(OCC)c1)c1nc(C)c(C)s1. The molecule has 1 unspecified atom stereocenters. The molecule has 0 spiro atoms. The number of hydrogen-bond acceptors (Lipinski definition) is 4.